The number of hydrogen-bond acceptors (Lipinski definition) is 4. The fourth-order valence-corrected chi connectivity index (χ4v) is 2.76. The molecule has 1 aromatic rings. The third-order valence-electron chi connectivity index (χ3n) is 2.83. The van der Waals surface area contributed by atoms with Gasteiger partial charge in [0, 0.05) is 11.1 Å². The number of rotatable bonds is 3. The molecule has 1 aromatic heterocycles. The van der Waals surface area contributed by atoms with Crippen LogP contribution in [0.2, 0.25) is 0 Å². The van der Waals surface area contributed by atoms with E-state index in [1.54, 1.807) is 11.8 Å². The summed E-state index contributed by atoms with van der Waals surface area (Å²) < 4.78 is 10.6. The molecule has 0 unspecified atom stereocenters. The second-order valence-electron chi connectivity index (χ2n) is 3.81. The van der Waals surface area contributed by atoms with E-state index in [9.17, 15) is 4.79 Å². The van der Waals surface area contributed by atoms with Gasteiger partial charge in [-0.2, -0.15) is 0 Å². The highest BCUT2D eigenvalue weighted by Crippen LogP contribution is 2.35. The van der Waals surface area contributed by atoms with Gasteiger partial charge in [-0.05, 0) is 38.9 Å². The molecular weight excluding hydrogens is 224 g/mol. The molecule has 0 aromatic carbocycles. The van der Waals surface area contributed by atoms with Crippen LogP contribution in [-0.2, 0) is 17.6 Å². The van der Waals surface area contributed by atoms with Crippen molar-refractivity contribution in [3.05, 3.63) is 16.9 Å². The minimum absolute atomic E-state index is 0.319. The van der Waals surface area contributed by atoms with Gasteiger partial charge in [-0.1, -0.05) is 11.8 Å². The van der Waals surface area contributed by atoms with Crippen LogP contribution < -0.4 is 0 Å². The third-order valence-corrected chi connectivity index (χ3v) is 3.53. The standard InChI is InChI=1S/C12H16O3S/c1-3-14-11(13)10-8-6-4-5-7-9(8)12(15-10)16-2/h3-7H2,1-2H3. The Bertz CT molecular complexity index is 395. The molecule has 0 amide bonds. The number of ether oxygens (including phenoxy) is 1. The van der Waals surface area contributed by atoms with Crippen molar-refractivity contribution < 1.29 is 13.9 Å². The van der Waals surface area contributed by atoms with E-state index in [1.807, 2.05) is 13.2 Å². The first-order valence-electron chi connectivity index (χ1n) is 5.63. The average Bonchev–Trinajstić information content (AvgIpc) is 2.68. The second-order valence-corrected chi connectivity index (χ2v) is 4.59. The summed E-state index contributed by atoms with van der Waals surface area (Å²) in [6.07, 6.45) is 6.25. The Morgan fingerprint density at radius 3 is 2.69 bits per heavy atom. The zero-order valence-corrected chi connectivity index (χ0v) is 10.5. The molecule has 0 fully saturated rings. The maximum atomic E-state index is 11.7. The lowest BCUT2D eigenvalue weighted by Gasteiger charge is -2.11. The van der Waals surface area contributed by atoms with Crippen LogP contribution in [0.25, 0.3) is 0 Å². The molecule has 0 aliphatic heterocycles. The predicted octanol–water partition coefficient (Wildman–Crippen LogP) is 3.06. The number of thioether (sulfide) groups is 1. The Morgan fingerprint density at radius 1 is 1.38 bits per heavy atom. The number of esters is 1. The molecule has 1 heterocycles. The molecule has 0 N–H and O–H groups in total. The quantitative estimate of drug-likeness (QED) is 0.601. The number of carbonyl (C=O) groups excluding carboxylic acids is 1. The minimum Gasteiger partial charge on any atom is -0.460 e. The predicted molar refractivity (Wildman–Crippen MR) is 63.1 cm³/mol. The van der Waals surface area contributed by atoms with Crippen LogP contribution in [0.1, 0.15) is 41.4 Å². The van der Waals surface area contributed by atoms with Gasteiger partial charge in [-0.25, -0.2) is 4.79 Å². The molecule has 88 valence electrons. The molecule has 0 radical (unpaired) electrons. The van der Waals surface area contributed by atoms with E-state index in [2.05, 4.69) is 0 Å². The summed E-state index contributed by atoms with van der Waals surface area (Å²) in [6.45, 7) is 2.20. The Balaban J connectivity index is 2.38. The number of carbonyl (C=O) groups is 1. The molecule has 0 saturated carbocycles. The first-order valence-corrected chi connectivity index (χ1v) is 6.86. The van der Waals surface area contributed by atoms with Gasteiger partial charge in [0.15, 0.2) is 5.09 Å². The van der Waals surface area contributed by atoms with E-state index in [4.69, 9.17) is 9.15 Å². The first kappa shape index (κ1) is 11.6. The Kier molecular flexibility index (Phi) is 3.59. The fraction of sp³-hybridized carbons (Fsp3) is 0.583. The molecular formula is C12H16O3S. The molecule has 0 spiro atoms. The highest BCUT2D eigenvalue weighted by Gasteiger charge is 2.26. The molecule has 0 atom stereocenters. The zero-order valence-electron chi connectivity index (χ0n) is 9.67. The summed E-state index contributed by atoms with van der Waals surface area (Å²) in [6, 6.07) is 0. The maximum absolute atomic E-state index is 11.7. The Labute approximate surface area is 99.5 Å². The van der Waals surface area contributed by atoms with Crippen molar-refractivity contribution in [3.63, 3.8) is 0 Å². The lowest BCUT2D eigenvalue weighted by atomic mass is 9.94. The Hall–Kier alpha value is -0.900. The van der Waals surface area contributed by atoms with Crippen LogP contribution in [0.15, 0.2) is 9.51 Å². The van der Waals surface area contributed by atoms with E-state index in [0.717, 1.165) is 29.9 Å². The van der Waals surface area contributed by atoms with Gasteiger partial charge < -0.3 is 9.15 Å². The van der Waals surface area contributed by atoms with Gasteiger partial charge in [0.05, 0.1) is 6.61 Å². The number of furan rings is 1. The van der Waals surface area contributed by atoms with Crippen LogP contribution in [0.5, 0.6) is 0 Å². The summed E-state index contributed by atoms with van der Waals surface area (Å²) in [5.41, 5.74) is 2.30. The monoisotopic (exact) mass is 240 g/mol. The largest absolute Gasteiger partial charge is 0.460 e. The normalized spacial score (nSPS) is 14.6. The molecule has 0 saturated heterocycles. The van der Waals surface area contributed by atoms with Crippen molar-refractivity contribution in [1.29, 1.82) is 0 Å². The number of hydrogen-bond donors (Lipinski definition) is 0. The molecule has 2 rings (SSSR count). The third kappa shape index (κ3) is 1.98. The highest BCUT2D eigenvalue weighted by molar-refractivity contribution is 7.98. The average molecular weight is 240 g/mol. The molecule has 3 nitrogen and oxygen atoms in total. The number of fused-ring (bicyclic) bond motifs is 1. The van der Waals surface area contributed by atoms with Gasteiger partial charge in [0.25, 0.3) is 0 Å². The van der Waals surface area contributed by atoms with Crippen LogP contribution in [0.4, 0.5) is 0 Å². The lowest BCUT2D eigenvalue weighted by Crippen LogP contribution is -2.09. The minimum atomic E-state index is -0.319. The summed E-state index contributed by atoms with van der Waals surface area (Å²) in [7, 11) is 0. The molecule has 4 heteroatoms. The zero-order chi connectivity index (χ0) is 11.5. The van der Waals surface area contributed by atoms with Gasteiger partial charge >= 0.3 is 5.97 Å². The Morgan fingerprint density at radius 2 is 2.06 bits per heavy atom. The molecule has 0 bridgehead atoms. The van der Waals surface area contributed by atoms with Gasteiger partial charge in [-0.3, -0.25) is 0 Å². The summed E-state index contributed by atoms with van der Waals surface area (Å²) in [4.78, 5) is 11.7. The van der Waals surface area contributed by atoms with Crippen molar-refractivity contribution >= 4 is 17.7 Å². The summed E-state index contributed by atoms with van der Waals surface area (Å²) >= 11 is 1.57. The van der Waals surface area contributed by atoms with E-state index in [-0.39, 0.29) is 5.97 Å². The smallest absolute Gasteiger partial charge is 0.374 e. The topological polar surface area (TPSA) is 39.4 Å². The van der Waals surface area contributed by atoms with E-state index >= 15 is 0 Å². The van der Waals surface area contributed by atoms with Crippen molar-refractivity contribution in [2.45, 2.75) is 37.7 Å². The fourth-order valence-electron chi connectivity index (χ4n) is 2.12. The lowest BCUT2D eigenvalue weighted by molar-refractivity contribution is 0.0482. The summed E-state index contributed by atoms with van der Waals surface area (Å²) in [5, 5.41) is 0.887. The summed E-state index contributed by atoms with van der Waals surface area (Å²) in [5.74, 6) is 0.113. The van der Waals surface area contributed by atoms with Gasteiger partial charge in [0.1, 0.15) is 0 Å². The van der Waals surface area contributed by atoms with Crippen molar-refractivity contribution in [3.8, 4) is 0 Å². The molecule has 16 heavy (non-hydrogen) atoms. The van der Waals surface area contributed by atoms with Crippen LogP contribution >= 0.6 is 11.8 Å². The second kappa shape index (κ2) is 4.95. The SMILES string of the molecule is CCOC(=O)c1oc(SC)c2c1CCCC2. The van der Waals surface area contributed by atoms with E-state index < -0.39 is 0 Å². The van der Waals surface area contributed by atoms with Crippen molar-refractivity contribution in [2.75, 3.05) is 12.9 Å². The molecule has 1 aliphatic carbocycles. The highest BCUT2D eigenvalue weighted by atomic mass is 32.2. The van der Waals surface area contributed by atoms with Gasteiger partial charge in [0.2, 0.25) is 5.76 Å². The van der Waals surface area contributed by atoms with Crippen LogP contribution in [-0.4, -0.2) is 18.8 Å². The van der Waals surface area contributed by atoms with Gasteiger partial charge in [-0.15, -0.1) is 0 Å². The van der Waals surface area contributed by atoms with E-state index in [1.165, 1.54) is 12.0 Å². The van der Waals surface area contributed by atoms with Crippen LogP contribution in [0.3, 0.4) is 0 Å². The van der Waals surface area contributed by atoms with Crippen molar-refractivity contribution in [2.24, 2.45) is 0 Å². The van der Waals surface area contributed by atoms with Crippen LogP contribution in [0, 0.1) is 0 Å². The van der Waals surface area contributed by atoms with E-state index in [0.29, 0.717) is 12.4 Å². The van der Waals surface area contributed by atoms with Crippen molar-refractivity contribution in [1.82, 2.24) is 0 Å². The first-order chi connectivity index (χ1) is 7.77. The maximum Gasteiger partial charge on any atom is 0.374 e. The molecule has 1 aliphatic rings.